The molecule has 7 heteroatoms. The minimum atomic E-state index is -1.75. The lowest BCUT2D eigenvalue weighted by Crippen LogP contribution is -2.50. The van der Waals surface area contributed by atoms with Crippen molar-refractivity contribution in [2.45, 2.75) is 18.4 Å². The van der Waals surface area contributed by atoms with Gasteiger partial charge in [-0.3, -0.25) is 4.79 Å². The summed E-state index contributed by atoms with van der Waals surface area (Å²) < 4.78 is 5.34. The Morgan fingerprint density at radius 3 is 2.43 bits per heavy atom. The van der Waals surface area contributed by atoms with Crippen molar-refractivity contribution in [2.75, 3.05) is 13.1 Å². The van der Waals surface area contributed by atoms with Crippen LogP contribution in [0.5, 0.6) is 0 Å². The molecule has 3 rings (SSSR count). The second-order valence-corrected chi connectivity index (χ2v) is 5.53. The summed E-state index contributed by atoms with van der Waals surface area (Å²) in [5, 5.41) is 18.9. The van der Waals surface area contributed by atoms with Crippen molar-refractivity contribution < 1.29 is 24.2 Å². The van der Waals surface area contributed by atoms with Crippen molar-refractivity contribution in [1.82, 2.24) is 9.88 Å². The number of carbonyl (C=O) groups is 2. The molecular formula is C16H16N2O5. The molecule has 0 saturated carbocycles. The zero-order valence-corrected chi connectivity index (χ0v) is 12.3. The Morgan fingerprint density at radius 1 is 1.17 bits per heavy atom. The van der Waals surface area contributed by atoms with Gasteiger partial charge in [0.1, 0.15) is 6.26 Å². The molecule has 1 amide bonds. The van der Waals surface area contributed by atoms with Crippen LogP contribution in [-0.4, -0.2) is 50.7 Å². The highest BCUT2D eigenvalue weighted by Gasteiger charge is 2.40. The number of rotatable bonds is 3. The first kappa shape index (κ1) is 15.2. The van der Waals surface area contributed by atoms with E-state index in [4.69, 9.17) is 9.52 Å². The van der Waals surface area contributed by atoms with Crippen molar-refractivity contribution in [2.24, 2.45) is 0 Å². The first-order chi connectivity index (χ1) is 11.0. The van der Waals surface area contributed by atoms with Gasteiger partial charge in [0.2, 0.25) is 5.89 Å². The zero-order valence-electron chi connectivity index (χ0n) is 12.3. The summed E-state index contributed by atoms with van der Waals surface area (Å²) in [4.78, 5) is 29.1. The average Bonchev–Trinajstić information content (AvgIpc) is 3.05. The van der Waals surface area contributed by atoms with Gasteiger partial charge in [0.15, 0.2) is 11.3 Å². The van der Waals surface area contributed by atoms with Gasteiger partial charge in [-0.2, -0.15) is 0 Å². The van der Waals surface area contributed by atoms with Gasteiger partial charge in [0.05, 0.1) is 0 Å². The van der Waals surface area contributed by atoms with Crippen LogP contribution in [-0.2, 0) is 4.79 Å². The summed E-state index contributed by atoms with van der Waals surface area (Å²) in [6, 6.07) is 9.22. The van der Waals surface area contributed by atoms with E-state index in [1.165, 1.54) is 11.2 Å². The Morgan fingerprint density at radius 2 is 1.83 bits per heavy atom. The van der Waals surface area contributed by atoms with Crippen LogP contribution in [0.2, 0.25) is 0 Å². The molecule has 1 fully saturated rings. The summed E-state index contributed by atoms with van der Waals surface area (Å²) in [6.07, 6.45) is 1.29. The van der Waals surface area contributed by atoms with E-state index in [-0.39, 0.29) is 37.5 Å². The van der Waals surface area contributed by atoms with E-state index in [9.17, 15) is 14.7 Å². The molecule has 1 saturated heterocycles. The molecule has 120 valence electrons. The molecule has 0 bridgehead atoms. The lowest BCUT2D eigenvalue weighted by atomic mass is 9.91. The summed E-state index contributed by atoms with van der Waals surface area (Å²) in [7, 11) is 0. The number of carboxylic acids is 1. The molecule has 2 N–H and O–H groups in total. The van der Waals surface area contributed by atoms with Gasteiger partial charge in [-0.15, -0.1) is 0 Å². The third kappa shape index (κ3) is 2.95. The standard InChI is InChI=1S/C16H16N2O5/c19-14(18-8-6-16(22,7-9-18)15(20)21)12-10-23-13(17-12)11-4-2-1-3-5-11/h1-5,10,22H,6-9H2,(H,20,21). The van der Waals surface area contributed by atoms with Crippen LogP contribution in [0.4, 0.5) is 0 Å². The smallest absolute Gasteiger partial charge is 0.335 e. The molecule has 0 spiro atoms. The molecule has 2 heterocycles. The summed E-state index contributed by atoms with van der Waals surface area (Å²) in [5.74, 6) is -1.23. The van der Waals surface area contributed by atoms with E-state index in [0.29, 0.717) is 5.89 Å². The van der Waals surface area contributed by atoms with Crippen LogP contribution in [0, 0.1) is 0 Å². The van der Waals surface area contributed by atoms with Crippen molar-refractivity contribution in [3.05, 3.63) is 42.3 Å². The Bertz CT molecular complexity index is 717. The molecule has 1 aromatic carbocycles. The molecule has 0 unspecified atom stereocenters. The normalized spacial score (nSPS) is 17.0. The largest absolute Gasteiger partial charge is 0.479 e. The van der Waals surface area contributed by atoms with Gasteiger partial charge < -0.3 is 19.5 Å². The quantitative estimate of drug-likeness (QED) is 0.887. The number of carboxylic acid groups (broad SMARTS) is 1. The predicted octanol–water partition coefficient (Wildman–Crippen LogP) is 1.39. The first-order valence-corrected chi connectivity index (χ1v) is 7.26. The second-order valence-electron chi connectivity index (χ2n) is 5.53. The van der Waals surface area contributed by atoms with Gasteiger partial charge in [-0.05, 0) is 12.1 Å². The molecular weight excluding hydrogens is 300 g/mol. The third-order valence-electron chi connectivity index (χ3n) is 4.02. The zero-order chi connectivity index (χ0) is 16.4. The monoisotopic (exact) mass is 316 g/mol. The Labute approximate surface area is 132 Å². The fraction of sp³-hybridized carbons (Fsp3) is 0.312. The fourth-order valence-corrected chi connectivity index (χ4v) is 2.54. The van der Waals surface area contributed by atoms with E-state index < -0.39 is 11.6 Å². The molecule has 0 atom stereocenters. The number of nitrogens with zero attached hydrogens (tertiary/aromatic N) is 2. The second kappa shape index (κ2) is 5.85. The maximum Gasteiger partial charge on any atom is 0.335 e. The van der Waals surface area contributed by atoms with Gasteiger partial charge in [-0.25, -0.2) is 9.78 Å². The van der Waals surface area contributed by atoms with Crippen LogP contribution < -0.4 is 0 Å². The number of benzene rings is 1. The minimum absolute atomic E-state index is 0.00251. The van der Waals surface area contributed by atoms with E-state index in [1.807, 2.05) is 30.3 Å². The molecule has 1 aliphatic rings. The summed E-state index contributed by atoms with van der Waals surface area (Å²) in [5.41, 5.74) is -0.814. The molecule has 7 nitrogen and oxygen atoms in total. The Kier molecular flexibility index (Phi) is 3.87. The topological polar surface area (TPSA) is 104 Å². The number of likely N-dealkylation sites (tertiary alicyclic amines) is 1. The molecule has 0 aliphatic carbocycles. The Hall–Kier alpha value is -2.67. The summed E-state index contributed by atoms with van der Waals surface area (Å²) in [6.45, 7) is 0.324. The summed E-state index contributed by atoms with van der Waals surface area (Å²) >= 11 is 0. The van der Waals surface area contributed by atoms with Crippen LogP contribution >= 0.6 is 0 Å². The number of aromatic nitrogens is 1. The van der Waals surface area contributed by atoms with Crippen LogP contribution in [0.25, 0.3) is 11.5 Å². The molecule has 0 radical (unpaired) electrons. The Balaban J connectivity index is 1.70. The van der Waals surface area contributed by atoms with Gasteiger partial charge in [-0.1, -0.05) is 18.2 Å². The molecule has 2 aromatic rings. The fourth-order valence-electron chi connectivity index (χ4n) is 2.54. The number of piperidine rings is 1. The van der Waals surface area contributed by atoms with Gasteiger partial charge >= 0.3 is 5.97 Å². The number of amides is 1. The van der Waals surface area contributed by atoms with E-state index in [2.05, 4.69) is 4.98 Å². The first-order valence-electron chi connectivity index (χ1n) is 7.26. The molecule has 1 aliphatic heterocycles. The number of aliphatic hydroxyl groups is 1. The van der Waals surface area contributed by atoms with Crippen molar-refractivity contribution in [1.29, 1.82) is 0 Å². The van der Waals surface area contributed by atoms with Gasteiger partial charge in [0.25, 0.3) is 5.91 Å². The number of hydrogen-bond acceptors (Lipinski definition) is 5. The number of hydrogen-bond donors (Lipinski definition) is 2. The number of aliphatic carboxylic acids is 1. The maximum atomic E-state index is 12.4. The van der Waals surface area contributed by atoms with Crippen LogP contribution in [0.1, 0.15) is 23.3 Å². The molecule has 23 heavy (non-hydrogen) atoms. The maximum absolute atomic E-state index is 12.4. The average molecular weight is 316 g/mol. The molecule has 1 aromatic heterocycles. The van der Waals surface area contributed by atoms with Crippen LogP contribution in [0.15, 0.2) is 41.0 Å². The van der Waals surface area contributed by atoms with Gasteiger partial charge in [0, 0.05) is 31.5 Å². The van der Waals surface area contributed by atoms with Crippen LogP contribution in [0.3, 0.4) is 0 Å². The van der Waals surface area contributed by atoms with Crippen molar-refractivity contribution >= 4 is 11.9 Å². The number of carbonyl (C=O) groups excluding carboxylic acids is 1. The highest BCUT2D eigenvalue weighted by Crippen LogP contribution is 2.24. The minimum Gasteiger partial charge on any atom is -0.479 e. The predicted molar refractivity (Wildman–Crippen MR) is 79.7 cm³/mol. The highest BCUT2D eigenvalue weighted by molar-refractivity contribution is 5.92. The van der Waals surface area contributed by atoms with Crippen molar-refractivity contribution in [3.8, 4) is 11.5 Å². The third-order valence-corrected chi connectivity index (χ3v) is 4.02. The SMILES string of the molecule is O=C(c1coc(-c2ccccc2)n1)N1CCC(O)(C(=O)O)CC1. The highest BCUT2D eigenvalue weighted by atomic mass is 16.4. The lowest BCUT2D eigenvalue weighted by Gasteiger charge is -2.34. The lowest BCUT2D eigenvalue weighted by molar-refractivity contribution is -0.162. The van der Waals surface area contributed by atoms with E-state index in [1.54, 1.807) is 0 Å². The van der Waals surface area contributed by atoms with E-state index >= 15 is 0 Å². The number of oxazole rings is 1. The van der Waals surface area contributed by atoms with E-state index in [0.717, 1.165) is 5.56 Å². The van der Waals surface area contributed by atoms with Crippen molar-refractivity contribution in [3.63, 3.8) is 0 Å².